The Morgan fingerprint density at radius 3 is 2.42 bits per heavy atom. The minimum Gasteiger partial charge on any atom is -0.507 e. The monoisotopic (exact) mass is 354 g/mol. The Kier molecular flexibility index (Phi) is 6.39. The largest absolute Gasteiger partial charge is 0.507 e. The second-order valence-electron chi connectivity index (χ2n) is 7.14. The summed E-state index contributed by atoms with van der Waals surface area (Å²) in [7, 11) is 0. The molecule has 0 aliphatic rings. The topological polar surface area (TPSA) is 78.4 Å². The fraction of sp³-hybridized carbons (Fsp3) is 0.333. The first kappa shape index (κ1) is 19.5. The summed E-state index contributed by atoms with van der Waals surface area (Å²) in [5.74, 6) is -0.625. The van der Waals surface area contributed by atoms with Crippen molar-refractivity contribution in [3.8, 4) is 5.75 Å². The van der Waals surface area contributed by atoms with Gasteiger partial charge in [0, 0.05) is 18.7 Å². The summed E-state index contributed by atoms with van der Waals surface area (Å²) in [5.41, 5.74) is 1.71. The van der Waals surface area contributed by atoms with Gasteiger partial charge in [0.05, 0.1) is 5.56 Å². The molecule has 5 nitrogen and oxygen atoms in total. The first-order valence-corrected chi connectivity index (χ1v) is 8.76. The van der Waals surface area contributed by atoms with Gasteiger partial charge in [0.25, 0.3) is 5.91 Å². The van der Waals surface area contributed by atoms with Crippen LogP contribution in [0.25, 0.3) is 0 Å². The van der Waals surface area contributed by atoms with Crippen LogP contribution in [0, 0.1) is 5.41 Å². The van der Waals surface area contributed by atoms with E-state index in [9.17, 15) is 14.7 Å². The summed E-state index contributed by atoms with van der Waals surface area (Å²) in [6, 6.07) is 14.6. The molecular weight excluding hydrogens is 328 g/mol. The smallest absolute Gasteiger partial charge is 0.255 e. The average molecular weight is 354 g/mol. The molecule has 5 heteroatoms. The molecule has 26 heavy (non-hydrogen) atoms. The highest BCUT2D eigenvalue weighted by molar-refractivity contribution is 5.99. The molecule has 0 fully saturated rings. The molecule has 0 unspecified atom stereocenters. The standard InChI is InChI=1S/C21H26N2O3/c1-4-19(25)23-16-10-11-18(24)17(12-16)20(26)22-14-21(2,3)13-15-8-6-5-7-9-15/h5-12,24H,4,13-14H2,1-3H3,(H,22,26)(H,23,25). The minimum absolute atomic E-state index is 0.113. The number of carbonyl (C=O) groups is 2. The summed E-state index contributed by atoms with van der Waals surface area (Å²) >= 11 is 0. The number of nitrogens with one attached hydrogen (secondary N) is 2. The molecule has 138 valence electrons. The van der Waals surface area contributed by atoms with E-state index >= 15 is 0 Å². The van der Waals surface area contributed by atoms with Crippen molar-refractivity contribution >= 4 is 17.5 Å². The molecule has 0 spiro atoms. The van der Waals surface area contributed by atoms with Crippen LogP contribution in [-0.2, 0) is 11.2 Å². The number of rotatable bonds is 7. The van der Waals surface area contributed by atoms with E-state index in [-0.39, 0.29) is 28.5 Å². The van der Waals surface area contributed by atoms with E-state index in [0.717, 1.165) is 6.42 Å². The van der Waals surface area contributed by atoms with E-state index < -0.39 is 0 Å². The lowest BCUT2D eigenvalue weighted by atomic mass is 9.85. The van der Waals surface area contributed by atoms with Gasteiger partial charge in [0.15, 0.2) is 0 Å². The fourth-order valence-corrected chi connectivity index (χ4v) is 2.67. The van der Waals surface area contributed by atoms with Gasteiger partial charge in [-0.2, -0.15) is 0 Å². The van der Waals surface area contributed by atoms with Crippen molar-refractivity contribution in [2.45, 2.75) is 33.6 Å². The number of phenolic OH excluding ortho intramolecular Hbond substituents is 1. The third-order valence-corrected chi connectivity index (χ3v) is 4.10. The van der Waals surface area contributed by atoms with Crippen LogP contribution in [0.3, 0.4) is 0 Å². The molecule has 2 aromatic rings. The number of anilines is 1. The van der Waals surface area contributed by atoms with Crippen LogP contribution >= 0.6 is 0 Å². The fourth-order valence-electron chi connectivity index (χ4n) is 2.67. The lowest BCUT2D eigenvalue weighted by molar-refractivity contribution is -0.115. The maximum Gasteiger partial charge on any atom is 0.255 e. The molecule has 0 aliphatic heterocycles. The third-order valence-electron chi connectivity index (χ3n) is 4.10. The number of carbonyl (C=O) groups excluding carboxylic acids is 2. The number of amides is 2. The predicted molar refractivity (Wildman–Crippen MR) is 103 cm³/mol. The molecule has 0 saturated carbocycles. The van der Waals surface area contributed by atoms with Crippen LogP contribution in [0.4, 0.5) is 5.69 Å². The van der Waals surface area contributed by atoms with Gasteiger partial charge in [-0.05, 0) is 35.6 Å². The van der Waals surface area contributed by atoms with Crippen molar-refractivity contribution in [2.24, 2.45) is 5.41 Å². The van der Waals surface area contributed by atoms with Gasteiger partial charge in [-0.1, -0.05) is 51.1 Å². The van der Waals surface area contributed by atoms with Gasteiger partial charge in [0.1, 0.15) is 5.75 Å². The van der Waals surface area contributed by atoms with Gasteiger partial charge in [-0.3, -0.25) is 9.59 Å². The Hall–Kier alpha value is -2.82. The summed E-state index contributed by atoms with van der Waals surface area (Å²) in [5, 5.41) is 15.6. The van der Waals surface area contributed by atoms with Crippen molar-refractivity contribution in [1.82, 2.24) is 5.32 Å². The van der Waals surface area contributed by atoms with E-state index in [1.54, 1.807) is 13.0 Å². The zero-order chi connectivity index (χ0) is 19.2. The first-order chi connectivity index (χ1) is 12.3. The highest BCUT2D eigenvalue weighted by Gasteiger charge is 2.21. The number of hydrogen-bond donors (Lipinski definition) is 3. The molecule has 2 amide bonds. The van der Waals surface area contributed by atoms with Crippen molar-refractivity contribution in [3.05, 3.63) is 59.7 Å². The van der Waals surface area contributed by atoms with Crippen molar-refractivity contribution in [2.75, 3.05) is 11.9 Å². The molecule has 2 rings (SSSR count). The molecular formula is C21H26N2O3. The molecule has 0 radical (unpaired) electrons. The zero-order valence-electron chi connectivity index (χ0n) is 15.5. The van der Waals surface area contributed by atoms with Gasteiger partial charge in [0.2, 0.25) is 5.91 Å². The average Bonchev–Trinajstić information content (AvgIpc) is 2.61. The van der Waals surface area contributed by atoms with Gasteiger partial charge >= 0.3 is 0 Å². The van der Waals surface area contributed by atoms with Crippen LogP contribution in [0.5, 0.6) is 5.75 Å². The molecule has 0 atom stereocenters. The summed E-state index contributed by atoms with van der Waals surface area (Å²) in [6.07, 6.45) is 1.17. The molecule has 0 heterocycles. The maximum absolute atomic E-state index is 12.5. The number of phenols is 1. The van der Waals surface area contributed by atoms with Crippen LogP contribution < -0.4 is 10.6 Å². The SMILES string of the molecule is CCC(=O)Nc1ccc(O)c(C(=O)NCC(C)(C)Cc2ccccc2)c1. The Morgan fingerprint density at radius 2 is 1.77 bits per heavy atom. The van der Waals surface area contributed by atoms with Crippen LogP contribution in [0.15, 0.2) is 48.5 Å². The van der Waals surface area contributed by atoms with Crippen LogP contribution in [0.1, 0.15) is 43.1 Å². The van der Waals surface area contributed by atoms with Gasteiger partial charge in [-0.25, -0.2) is 0 Å². The van der Waals surface area contributed by atoms with E-state index in [4.69, 9.17) is 0 Å². The Morgan fingerprint density at radius 1 is 1.08 bits per heavy atom. The van der Waals surface area contributed by atoms with Crippen molar-refractivity contribution in [1.29, 1.82) is 0 Å². The minimum atomic E-state index is -0.365. The normalized spacial score (nSPS) is 11.0. The highest BCUT2D eigenvalue weighted by atomic mass is 16.3. The molecule has 0 aliphatic carbocycles. The first-order valence-electron chi connectivity index (χ1n) is 8.76. The van der Waals surface area contributed by atoms with E-state index in [0.29, 0.717) is 18.7 Å². The highest BCUT2D eigenvalue weighted by Crippen LogP contribution is 2.24. The second-order valence-corrected chi connectivity index (χ2v) is 7.14. The second kappa shape index (κ2) is 8.52. The molecule has 2 aromatic carbocycles. The van der Waals surface area contributed by atoms with Gasteiger partial charge in [-0.15, -0.1) is 0 Å². The number of hydrogen-bond acceptors (Lipinski definition) is 3. The van der Waals surface area contributed by atoms with Crippen LogP contribution in [0.2, 0.25) is 0 Å². The number of benzene rings is 2. The molecule has 0 saturated heterocycles. The van der Waals surface area contributed by atoms with Gasteiger partial charge < -0.3 is 15.7 Å². The molecule has 0 aromatic heterocycles. The van der Waals surface area contributed by atoms with E-state index in [1.165, 1.54) is 17.7 Å². The molecule has 3 N–H and O–H groups in total. The Labute approximate surface area is 154 Å². The van der Waals surface area contributed by atoms with Crippen molar-refractivity contribution in [3.63, 3.8) is 0 Å². The quantitative estimate of drug-likeness (QED) is 0.663. The summed E-state index contributed by atoms with van der Waals surface area (Å²) < 4.78 is 0. The van der Waals surface area contributed by atoms with E-state index in [1.807, 2.05) is 18.2 Å². The maximum atomic E-state index is 12.5. The number of aromatic hydroxyl groups is 1. The van der Waals surface area contributed by atoms with Crippen LogP contribution in [-0.4, -0.2) is 23.5 Å². The van der Waals surface area contributed by atoms with Crippen molar-refractivity contribution < 1.29 is 14.7 Å². The lowest BCUT2D eigenvalue weighted by Crippen LogP contribution is -2.35. The molecule has 0 bridgehead atoms. The Balaban J connectivity index is 2.02. The predicted octanol–water partition coefficient (Wildman–Crippen LogP) is 3.74. The zero-order valence-corrected chi connectivity index (χ0v) is 15.5. The summed E-state index contributed by atoms with van der Waals surface area (Å²) in [6.45, 7) is 6.37. The summed E-state index contributed by atoms with van der Waals surface area (Å²) in [4.78, 5) is 24.0. The van der Waals surface area contributed by atoms with E-state index in [2.05, 4.69) is 36.6 Å². The third kappa shape index (κ3) is 5.62. The Bertz CT molecular complexity index is 770. The lowest BCUT2D eigenvalue weighted by Gasteiger charge is -2.25.